The molecule has 0 radical (unpaired) electrons. The first-order valence-electron chi connectivity index (χ1n) is 5.18. The Bertz CT molecular complexity index is 297. The van der Waals surface area contributed by atoms with Crippen LogP contribution >= 0.6 is 0 Å². The predicted molar refractivity (Wildman–Crippen MR) is 58.7 cm³/mol. The molecule has 0 aromatic heterocycles. The second kappa shape index (κ2) is 7.84. The Kier molecular flexibility index (Phi) is 6.22. The third kappa shape index (κ3) is 5.48. The SMILES string of the molecule is CCOCC(=O)OCOCc1ccccc1. The molecule has 0 aliphatic heterocycles. The standard InChI is InChI=1S/C12H16O4/c1-2-14-9-12(13)16-10-15-8-11-6-4-3-5-7-11/h3-7H,2,8-10H2,1H3. The lowest BCUT2D eigenvalue weighted by Crippen LogP contribution is -2.14. The Balaban J connectivity index is 2.06. The molecular weight excluding hydrogens is 208 g/mol. The molecule has 0 heterocycles. The Morgan fingerprint density at radius 1 is 1.19 bits per heavy atom. The number of rotatable bonds is 7. The van der Waals surface area contributed by atoms with Crippen molar-refractivity contribution in [3.8, 4) is 0 Å². The summed E-state index contributed by atoms with van der Waals surface area (Å²) in [6, 6.07) is 9.69. The van der Waals surface area contributed by atoms with E-state index >= 15 is 0 Å². The first kappa shape index (κ1) is 12.7. The molecule has 0 unspecified atom stereocenters. The molecule has 0 saturated heterocycles. The summed E-state index contributed by atoms with van der Waals surface area (Å²) in [6.07, 6.45) is 0. The first-order chi connectivity index (χ1) is 7.83. The number of carbonyl (C=O) groups excluding carboxylic acids is 1. The van der Waals surface area contributed by atoms with E-state index < -0.39 is 5.97 Å². The molecule has 1 rings (SSSR count). The van der Waals surface area contributed by atoms with Crippen molar-refractivity contribution in [2.24, 2.45) is 0 Å². The van der Waals surface area contributed by atoms with Crippen LogP contribution in [0.3, 0.4) is 0 Å². The molecular formula is C12H16O4. The fourth-order valence-electron chi connectivity index (χ4n) is 1.07. The lowest BCUT2D eigenvalue weighted by atomic mass is 10.2. The van der Waals surface area contributed by atoms with Crippen LogP contribution in [-0.2, 0) is 25.6 Å². The second-order valence-electron chi connectivity index (χ2n) is 3.11. The van der Waals surface area contributed by atoms with Gasteiger partial charge in [-0.1, -0.05) is 30.3 Å². The van der Waals surface area contributed by atoms with Crippen molar-refractivity contribution < 1.29 is 19.0 Å². The van der Waals surface area contributed by atoms with Gasteiger partial charge < -0.3 is 14.2 Å². The maximum atomic E-state index is 11.0. The van der Waals surface area contributed by atoms with E-state index in [1.807, 2.05) is 37.3 Å². The Morgan fingerprint density at radius 2 is 1.94 bits per heavy atom. The molecule has 1 aromatic carbocycles. The minimum atomic E-state index is -0.407. The highest BCUT2D eigenvalue weighted by atomic mass is 16.7. The Hall–Kier alpha value is -1.39. The van der Waals surface area contributed by atoms with Crippen molar-refractivity contribution in [1.29, 1.82) is 0 Å². The molecule has 4 heteroatoms. The molecule has 4 nitrogen and oxygen atoms in total. The van der Waals surface area contributed by atoms with Crippen molar-refractivity contribution in [2.75, 3.05) is 20.0 Å². The maximum absolute atomic E-state index is 11.0. The predicted octanol–water partition coefficient (Wildman–Crippen LogP) is 1.74. The van der Waals surface area contributed by atoms with E-state index in [0.717, 1.165) is 5.56 Å². The van der Waals surface area contributed by atoms with E-state index in [-0.39, 0.29) is 13.4 Å². The first-order valence-corrected chi connectivity index (χ1v) is 5.18. The van der Waals surface area contributed by atoms with Gasteiger partial charge >= 0.3 is 5.97 Å². The molecule has 0 atom stereocenters. The van der Waals surface area contributed by atoms with Crippen molar-refractivity contribution >= 4 is 5.97 Å². The number of hydrogen-bond donors (Lipinski definition) is 0. The number of hydrogen-bond acceptors (Lipinski definition) is 4. The summed E-state index contributed by atoms with van der Waals surface area (Å²) in [5.41, 5.74) is 1.04. The van der Waals surface area contributed by atoms with Crippen molar-refractivity contribution in [3.05, 3.63) is 35.9 Å². The van der Waals surface area contributed by atoms with Crippen molar-refractivity contribution in [2.45, 2.75) is 13.5 Å². The van der Waals surface area contributed by atoms with Gasteiger partial charge in [0, 0.05) is 6.61 Å². The lowest BCUT2D eigenvalue weighted by Gasteiger charge is -2.06. The van der Waals surface area contributed by atoms with E-state index in [2.05, 4.69) is 0 Å². The summed E-state index contributed by atoms with van der Waals surface area (Å²) in [5, 5.41) is 0. The van der Waals surface area contributed by atoms with E-state index in [1.165, 1.54) is 0 Å². The summed E-state index contributed by atoms with van der Waals surface area (Å²) in [6.45, 7) is 2.69. The molecule has 0 fully saturated rings. The van der Waals surface area contributed by atoms with E-state index in [0.29, 0.717) is 13.2 Å². The van der Waals surface area contributed by atoms with Gasteiger partial charge in [-0.25, -0.2) is 4.79 Å². The van der Waals surface area contributed by atoms with Gasteiger partial charge in [0.05, 0.1) is 6.61 Å². The number of benzene rings is 1. The van der Waals surface area contributed by atoms with Gasteiger partial charge in [0.25, 0.3) is 0 Å². The highest BCUT2D eigenvalue weighted by Crippen LogP contribution is 2.00. The van der Waals surface area contributed by atoms with Gasteiger partial charge in [-0.2, -0.15) is 0 Å². The monoisotopic (exact) mass is 224 g/mol. The summed E-state index contributed by atoms with van der Waals surface area (Å²) in [4.78, 5) is 11.0. The third-order valence-electron chi connectivity index (χ3n) is 1.84. The van der Waals surface area contributed by atoms with Crippen LogP contribution in [0.4, 0.5) is 0 Å². The molecule has 0 saturated carbocycles. The topological polar surface area (TPSA) is 44.8 Å². The van der Waals surface area contributed by atoms with Crippen LogP contribution in [0.5, 0.6) is 0 Å². The number of carbonyl (C=O) groups is 1. The van der Waals surface area contributed by atoms with Crippen LogP contribution in [0.1, 0.15) is 12.5 Å². The summed E-state index contributed by atoms with van der Waals surface area (Å²) < 4.78 is 14.8. The molecule has 16 heavy (non-hydrogen) atoms. The van der Waals surface area contributed by atoms with Gasteiger partial charge in [0.15, 0.2) is 6.79 Å². The summed E-state index contributed by atoms with van der Waals surface area (Å²) >= 11 is 0. The van der Waals surface area contributed by atoms with Gasteiger partial charge in [0.1, 0.15) is 6.61 Å². The van der Waals surface area contributed by atoms with Crippen LogP contribution in [-0.4, -0.2) is 26.0 Å². The van der Waals surface area contributed by atoms with Crippen LogP contribution in [0.2, 0.25) is 0 Å². The van der Waals surface area contributed by atoms with Crippen molar-refractivity contribution in [3.63, 3.8) is 0 Å². The fourth-order valence-corrected chi connectivity index (χ4v) is 1.07. The van der Waals surface area contributed by atoms with E-state index in [9.17, 15) is 4.79 Å². The number of ether oxygens (including phenoxy) is 3. The van der Waals surface area contributed by atoms with Crippen LogP contribution in [0.15, 0.2) is 30.3 Å². The molecule has 0 N–H and O–H groups in total. The van der Waals surface area contributed by atoms with E-state index in [4.69, 9.17) is 14.2 Å². The molecule has 1 aromatic rings. The molecule has 0 spiro atoms. The maximum Gasteiger partial charge on any atom is 0.334 e. The molecule has 0 bridgehead atoms. The van der Waals surface area contributed by atoms with Crippen LogP contribution in [0.25, 0.3) is 0 Å². The zero-order valence-corrected chi connectivity index (χ0v) is 9.35. The molecule has 0 amide bonds. The zero-order chi connectivity index (χ0) is 11.6. The highest BCUT2D eigenvalue weighted by molar-refractivity contribution is 5.70. The molecule has 0 aliphatic rings. The zero-order valence-electron chi connectivity index (χ0n) is 9.35. The Labute approximate surface area is 95.1 Å². The minimum absolute atomic E-state index is 0.0226. The smallest absolute Gasteiger partial charge is 0.334 e. The van der Waals surface area contributed by atoms with E-state index in [1.54, 1.807) is 0 Å². The van der Waals surface area contributed by atoms with Crippen LogP contribution in [0, 0.1) is 0 Å². The quantitative estimate of drug-likeness (QED) is 0.402. The Morgan fingerprint density at radius 3 is 2.62 bits per heavy atom. The molecule has 0 aliphatic carbocycles. The van der Waals surface area contributed by atoms with Gasteiger partial charge in [-0.3, -0.25) is 0 Å². The highest BCUT2D eigenvalue weighted by Gasteiger charge is 2.01. The molecule has 88 valence electrons. The normalized spacial score (nSPS) is 10.1. The van der Waals surface area contributed by atoms with Crippen molar-refractivity contribution in [1.82, 2.24) is 0 Å². The van der Waals surface area contributed by atoms with Crippen LogP contribution < -0.4 is 0 Å². The lowest BCUT2D eigenvalue weighted by molar-refractivity contribution is -0.162. The third-order valence-corrected chi connectivity index (χ3v) is 1.84. The van der Waals surface area contributed by atoms with Gasteiger partial charge in [0.2, 0.25) is 0 Å². The largest absolute Gasteiger partial charge is 0.437 e. The minimum Gasteiger partial charge on any atom is -0.437 e. The average Bonchev–Trinajstić information content (AvgIpc) is 2.33. The summed E-state index contributed by atoms with van der Waals surface area (Å²) in [7, 11) is 0. The number of esters is 1. The van der Waals surface area contributed by atoms with Gasteiger partial charge in [-0.05, 0) is 12.5 Å². The van der Waals surface area contributed by atoms with Gasteiger partial charge in [-0.15, -0.1) is 0 Å². The fraction of sp³-hybridized carbons (Fsp3) is 0.417. The second-order valence-corrected chi connectivity index (χ2v) is 3.11. The average molecular weight is 224 g/mol. The summed E-state index contributed by atoms with van der Waals surface area (Å²) in [5.74, 6) is -0.407.